The van der Waals surface area contributed by atoms with Crippen molar-refractivity contribution in [2.45, 2.75) is 25.3 Å². The Morgan fingerprint density at radius 3 is 2.95 bits per heavy atom. The van der Waals surface area contributed by atoms with Crippen LogP contribution in [0.5, 0.6) is 0 Å². The summed E-state index contributed by atoms with van der Waals surface area (Å²) in [4.78, 5) is 13.9. The van der Waals surface area contributed by atoms with Crippen LogP contribution in [0.2, 0.25) is 0 Å². The van der Waals surface area contributed by atoms with E-state index in [0.29, 0.717) is 17.4 Å². The van der Waals surface area contributed by atoms with Gasteiger partial charge < -0.3 is 15.8 Å². The third-order valence-electron chi connectivity index (χ3n) is 3.38. The topological polar surface area (TPSA) is 78.9 Å². The Morgan fingerprint density at radius 2 is 2.25 bits per heavy atom. The number of carbonyl (C=O) groups is 1. The minimum atomic E-state index is -0.581. The van der Waals surface area contributed by atoms with Gasteiger partial charge in [-0.1, -0.05) is 21.1 Å². The maximum atomic E-state index is 13.8. The van der Waals surface area contributed by atoms with Crippen LogP contribution in [-0.4, -0.2) is 34.4 Å². The molecule has 0 aliphatic carbocycles. The molecule has 0 bridgehead atoms. The molecule has 0 aromatic heterocycles. The molecule has 1 aliphatic rings. The van der Waals surface area contributed by atoms with E-state index in [1.807, 2.05) is 0 Å². The predicted octanol–water partition coefficient (Wildman–Crippen LogP) is 2.33. The molecule has 108 valence electrons. The summed E-state index contributed by atoms with van der Waals surface area (Å²) >= 11 is 3.22. The summed E-state index contributed by atoms with van der Waals surface area (Å²) in [6.07, 6.45) is 2.31. The average Bonchev–Trinajstić information content (AvgIpc) is 2.48. The van der Waals surface area contributed by atoms with Crippen molar-refractivity contribution in [1.82, 2.24) is 4.90 Å². The van der Waals surface area contributed by atoms with Gasteiger partial charge in [0.1, 0.15) is 5.82 Å². The van der Waals surface area contributed by atoms with E-state index >= 15 is 0 Å². The molecule has 1 unspecified atom stereocenters. The number of hydrogen-bond acceptors (Lipinski definition) is 3. The van der Waals surface area contributed by atoms with E-state index in [1.165, 1.54) is 23.1 Å². The van der Waals surface area contributed by atoms with E-state index < -0.39 is 17.8 Å². The number of likely N-dealkylation sites (tertiary alicyclic amines) is 1. The number of rotatable bonds is 2. The summed E-state index contributed by atoms with van der Waals surface area (Å²) in [7, 11) is 0. The third-order valence-corrected chi connectivity index (χ3v) is 3.87. The number of oxime groups is 1. The summed E-state index contributed by atoms with van der Waals surface area (Å²) in [5.41, 5.74) is 5.61. The molecule has 1 aromatic carbocycles. The summed E-state index contributed by atoms with van der Waals surface area (Å²) in [5.74, 6) is -1.05. The van der Waals surface area contributed by atoms with E-state index in [0.717, 1.165) is 12.8 Å². The van der Waals surface area contributed by atoms with Crippen LogP contribution < -0.4 is 5.73 Å². The number of halogens is 2. The van der Waals surface area contributed by atoms with Gasteiger partial charge in [-0.15, -0.1) is 0 Å². The lowest BCUT2D eigenvalue weighted by molar-refractivity contribution is 0.0672. The first kappa shape index (κ1) is 14.8. The highest BCUT2D eigenvalue weighted by molar-refractivity contribution is 9.10. The monoisotopic (exact) mass is 343 g/mol. The van der Waals surface area contributed by atoms with Gasteiger partial charge in [-0.2, -0.15) is 0 Å². The molecule has 0 saturated carbocycles. The minimum absolute atomic E-state index is 0.0167. The van der Waals surface area contributed by atoms with Crippen LogP contribution in [0.15, 0.2) is 27.8 Å². The Labute approximate surface area is 124 Å². The number of amides is 1. The zero-order valence-electron chi connectivity index (χ0n) is 10.7. The number of piperidine rings is 1. The number of benzene rings is 1. The van der Waals surface area contributed by atoms with Crippen LogP contribution in [0.25, 0.3) is 0 Å². The van der Waals surface area contributed by atoms with Gasteiger partial charge in [0.25, 0.3) is 5.91 Å². The molecule has 1 aromatic rings. The Bertz CT molecular complexity index is 550. The summed E-state index contributed by atoms with van der Waals surface area (Å²) < 4.78 is 14.4. The normalized spacial score (nSPS) is 20.0. The quantitative estimate of drug-likeness (QED) is 0.374. The van der Waals surface area contributed by atoms with Gasteiger partial charge in [-0.05, 0) is 37.5 Å². The van der Waals surface area contributed by atoms with E-state index in [2.05, 4.69) is 21.1 Å². The highest BCUT2D eigenvalue weighted by atomic mass is 79.9. The standard InChI is InChI=1S/C13H15BrFN3O2/c14-8-4-5-10(15)9(7-8)13(19)18-6-2-1-3-11(18)12(16)17-20/h4-5,7,11,20H,1-3,6H2,(H2,16,17). The predicted molar refractivity (Wildman–Crippen MR) is 76.2 cm³/mol. The van der Waals surface area contributed by atoms with E-state index in [1.54, 1.807) is 0 Å². The maximum Gasteiger partial charge on any atom is 0.257 e. The zero-order valence-corrected chi connectivity index (χ0v) is 12.3. The van der Waals surface area contributed by atoms with Crippen LogP contribution in [0, 0.1) is 5.82 Å². The second kappa shape index (κ2) is 6.21. The number of nitrogens with zero attached hydrogens (tertiary/aromatic N) is 2. The highest BCUT2D eigenvalue weighted by Gasteiger charge is 2.31. The van der Waals surface area contributed by atoms with Crippen molar-refractivity contribution in [3.63, 3.8) is 0 Å². The lowest BCUT2D eigenvalue weighted by atomic mass is 10.00. The molecule has 0 spiro atoms. The smallest absolute Gasteiger partial charge is 0.257 e. The summed E-state index contributed by atoms with van der Waals surface area (Å²) in [5, 5.41) is 11.8. The Balaban J connectivity index is 2.32. The molecule has 0 radical (unpaired) electrons. The van der Waals surface area contributed by atoms with Crippen molar-refractivity contribution in [3.8, 4) is 0 Å². The van der Waals surface area contributed by atoms with E-state index in [9.17, 15) is 9.18 Å². The number of amidine groups is 1. The summed E-state index contributed by atoms with van der Waals surface area (Å²) in [6.45, 7) is 0.464. The van der Waals surface area contributed by atoms with Gasteiger partial charge in [0, 0.05) is 11.0 Å². The molecule has 2 rings (SSSR count). The molecule has 20 heavy (non-hydrogen) atoms. The molecule has 3 N–H and O–H groups in total. The molecule has 1 heterocycles. The fourth-order valence-electron chi connectivity index (χ4n) is 2.36. The van der Waals surface area contributed by atoms with Gasteiger partial charge >= 0.3 is 0 Å². The van der Waals surface area contributed by atoms with Crippen LogP contribution in [0.1, 0.15) is 29.6 Å². The van der Waals surface area contributed by atoms with Crippen LogP contribution in [0.3, 0.4) is 0 Å². The van der Waals surface area contributed by atoms with Crippen molar-refractivity contribution in [1.29, 1.82) is 0 Å². The first-order valence-corrected chi connectivity index (χ1v) is 7.07. The second-order valence-corrected chi connectivity index (χ2v) is 5.57. The molecule has 1 aliphatic heterocycles. The Kier molecular flexibility index (Phi) is 4.59. The molecule has 1 amide bonds. The lowest BCUT2D eigenvalue weighted by Crippen LogP contribution is -2.50. The number of nitrogens with two attached hydrogens (primary N) is 1. The van der Waals surface area contributed by atoms with Crippen molar-refractivity contribution in [2.75, 3.05) is 6.54 Å². The number of hydrogen-bond donors (Lipinski definition) is 2. The van der Waals surface area contributed by atoms with Crippen molar-refractivity contribution in [2.24, 2.45) is 10.9 Å². The third kappa shape index (κ3) is 2.92. The van der Waals surface area contributed by atoms with Crippen molar-refractivity contribution in [3.05, 3.63) is 34.1 Å². The average molecular weight is 344 g/mol. The largest absolute Gasteiger partial charge is 0.409 e. The van der Waals surface area contributed by atoms with Gasteiger partial charge in [0.05, 0.1) is 11.6 Å². The van der Waals surface area contributed by atoms with Gasteiger partial charge in [0.2, 0.25) is 0 Å². The molecular weight excluding hydrogens is 329 g/mol. The molecule has 1 atom stereocenters. The zero-order chi connectivity index (χ0) is 14.7. The van der Waals surface area contributed by atoms with E-state index in [-0.39, 0.29) is 11.4 Å². The molecule has 1 saturated heterocycles. The highest BCUT2D eigenvalue weighted by Crippen LogP contribution is 2.23. The first-order chi connectivity index (χ1) is 9.54. The van der Waals surface area contributed by atoms with Gasteiger partial charge in [-0.25, -0.2) is 4.39 Å². The lowest BCUT2D eigenvalue weighted by Gasteiger charge is -2.34. The Morgan fingerprint density at radius 1 is 1.50 bits per heavy atom. The van der Waals surface area contributed by atoms with E-state index in [4.69, 9.17) is 10.9 Å². The second-order valence-electron chi connectivity index (χ2n) is 4.66. The van der Waals surface area contributed by atoms with Crippen LogP contribution >= 0.6 is 15.9 Å². The fraction of sp³-hybridized carbons (Fsp3) is 0.385. The number of carbonyl (C=O) groups excluding carboxylic acids is 1. The van der Waals surface area contributed by atoms with Crippen molar-refractivity contribution < 1.29 is 14.4 Å². The summed E-state index contributed by atoms with van der Waals surface area (Å²) in [6, 6.07) is 3.72. The van der Waals surface area contributed by atoms with Gasteiger partial charge in [0.15, 0.2) is 5.84 Å². The Hall–Kier alpha value is -1.63. The fourth-order valence-corrected chi connectivity index (χ4v) is 2.73. The van der Waals surface area contributed by atoms with Crippen molar-refractivity contribution >= 4 is 27.7 Å². The first-order valence-electron chi connectivity index (χ1n) is 6.28. The molecule has 1 fully saturated rings. The SMILES string of the molecule is NC(=NO)C1CCCCN1C(=O)c1cc(Br)ccc1F. The van der Waals surface area contributed by atoms with Gasteiger partial charge in [-0.3, -0.25) is 4.79 Å². The minimum Gasteiger partial charge on any atom is -0.409 e. The van der Waals surface area contributed by atoms with Crippen LogP contribution in [0.4, 0.5) is 4.39 Å². The molecular formula is C13H15BrFN3O2. The maximum absolute atomic E-state index is 13.8. The molecule has 5 nitrogen and oxygen atoms in total. The van der Waals surface area contributed by atoms with Crippen LogP contribution in [-0.2, 0) is 0 Å². The molecule has 7 heteroatoms.